The van der Waals surface area contributed by atoms with Crippen LogP contribution in [0.2, 0.25) is 0 Å². The number of ether oxygens (including phenoxy) is 1. The molecule has 1 unspecified atom stereocenters. The highest BCUT2D eigenvalue weighted by molar-refractivity contribution is 9.09. The van der Waals surface area contributed by atoms with Crippen molar-refractivity contribution in [2.75, 3.05) is 12.4 Å². The predicted molar refractivity (Wildman–Crippen MR) is 123 cm³/mol. The van der Waals surface area contributed by atoms with Crippen LogP contribution in [0.25, 0.3) is 22.3 Å². The van der Waals surface area contributed by atoms with E-state index in [1.807, 2.05) is 48.5 Å². The third-order valence-electron chi connectivity index (χ3n) is 4.68. The zero-order chi connectivity index (χ0) is 20.9. The Morgan fingerprint density at radius 1 is 0.967 bits per heavy atom. The van der Waals surface area contributed by atoms with Crippen LogP contribution in [0.15, 0.2) is 78.9 Å². The first-order valence-corrected chi connectivity index (χ1v) is 10.5. The number of nitrogens with one attached hydrogen (secondary N) is 1. The number of benzene rings is 3. The number of anilines is 1. The fourth-order valence-electron chi connectivity index (χ4n) is 3.22. The first-order valence-electron chi connectivity index (χ1n) is 9.54. The number of aromatic nitrogens is 2. The summed E-state index contributed by atoms with van der Waals surface area (Å²) in [5, 5.41) is 3.44. The molecule has 0 radical (unpaired) electrons. The molecule has 1 aromatic heterocycles. The monoisotopic (exact) mass is 461 g/mol. The maximum Gasteiger partial charge on any atom is 0.337 e. The van der Waals surface area contributed by atoms with Crippen molar-refractivity contribution in [3.8, 4) is 11.3 Å². The van der Waals surface area contributed by atoms with Gasteiger partial charge in [-0.2, -0.15) is 0 Å². The lowest BCUT2D eigenvalue weighted by Gasteiger charge is -2.17. The summed E-state index contributed by atoms with van der Waals surface area (Å²) in [7, 11) is 1.36. The number of hydrogen-bond acceptors (Lipinski definition) is 5. The largest absolute Gasteiger partial charge is 0.465 e. The van der Waals surface area contributed by atoms with E-state index in [1.54, 1.807) is 18.2 Å². The highest BCUT2D eigenvalue weighted by Crippen LogP contribution is 2.29. The molecule has 0 bridgehead atoms. The molecule has 1 N–H and O–H groups in total. The number of rotatable bonds is 6. The van der Waals surface area contributed by atoms with Crippen LogP contribution in [0, 0.1) is 0 Å². The van der Waals surface area contributed by atoms with Gasteiger partial charge in [-0.05, 0) is 23.8 Å². The van der Waals surface area contributed by atoms with Crippen molar-refractivity contribution in [3.05, 3.63) is 90.0 Å². The molecular formula is C24H20BrN3O2. The van der Waals surface area contributed by atoms with Gasteiger partial charge in [-0.1, -0.05) is 76.6 Å². The molecule has 0 fully saturated rings. The molecule has 0 saturated heterocycles. The molecule has 0 aliphatic rings. The number of alkyl halides is 1. The van der Waals surface area contributed by atoms with E-state index in [2.05, 4.69) is 33.4 Å². The van der Waals surface area contributed by atoms with Crippen molar-refractivity contribution in [3.63, 3.8) is 0 Å². The van der Waals surface area contributed by atoms with Crippen molar-refractivity contribution < 1.29 is 9.53 Å². The van der Waals surface area contributed by atoms with E-state index >= 15 is 0 Å². The van der Waals surface area contributed by atoms with Gasteiger partial charge >= 0.3 is 5.97 Å². The maximum atomic E-state index is 11.9. The van der Waals surface area contributed by atoms with E-state index in [4.69, 9.17) is 14.7 Å². The molecule has 0 saturated carbocycles. The zero-order valence-electron chi connectivity index (χ0n) is 16.4. The SMILES string of the molecule is COC(=O)c1ccc2nc(-c3ccccc3)c(NC(Br)Cc3ccccc3)nc2c1. The number of carbonyl (C=O) groups excluding carboxylic acids is 1. The standard InChI is InChI=1S/C24H20BrN3O2/c1-30-24(29)18-12-13-19-20(15-18)27-23(22(26-19)17-10-6-3-7-11-17)28-21(25)14-16-8-4-2-5-9-16/h2-13,15,21H,14H2,1H3,(H,27,28). The molecule has 0 spiro atoms. The van der Waals surface area contributed by atoms with E-state index in [9.17, 15) is 4.79 Å². The van der Waals surface area contributed by atoms with E-state index in [-0.39, 0.29) is 4.95 Å². The number of nitrogens with zero attached hydrogens (tertiary/aromatic N) is 2. The average molecular weight is 462 g/mol. The summed E-state index contributed by atoms with van der Waals surface area (Å²) in [6.45, 7) is 0. The van der Waals surface area contributed by atoms with Crippen LogP contribution in [0.5, 0.6) is 0 Å². The average Bonchev–Trinajstić information content (AvgIpc) is 2.79. The molecule has 4 aromatic rings. The molecule has 5 nitrogen and oxygen atoms in total. The molecule has 0 amide bonds. The van der Waals surface area contributed by atoms with Gasteiger partial charge in [0.25, 0.3) is 0 Å². The Hall–Kier alpha value is -3.25. The van der Waals surface area contributed by atoms with Crippen molar-refractivity contribution in [2.24, 2.45) is 0 Å². The Balaban J connectivity index is 1.74. The molecule has 1 heterocycles. The normalized spacial score (nSPS) is 11.8. The van der Waals surface area contributed by atoms with Crippen molar-refractivity contribution >= 4 is 38.8 Å². The molecule has 3 aromatic carbocycles. The van der Waals surface area contributed by atoms with Crippen LogP contribution in [0.1, 0.15) is 15.9 Å². The lowest BCUT2D eigenvalue weighted by atomic mass is 10.1. The van der Waals surface area contributed by atoms with Crippen LogP contribution in [-0.4, -0.2) is 28.0 Å². The maximum absolute atomic E-state index is 11.9. The number of halogens is 1. The second-order valence-corrected chi connectivity index (χ2v) is 7.89. The fraction of sp³-hybridized carbons (Fsp3) is 0.125. The van der Waals surface area contributed by atoms with Gasteiger partial charge in [0.1, 0.15) is 5.69 Å². The lowest BCUT2D eigenvalue weighted by molar-refractivity contribution is 0.0601. The Bertz CT molecular complexity index is 1170. The van der Waals surface area contributed by atoms with Crippen LogP contribution in [-0.2, 0) is 11.2 Å². The molecule has 1 atom stereocenters. The molecular weight excluding hydrogens is 442 g/mol. The molecule has 4 rings (SSSR count). The first-order chi connectivity index (χ1) is 14.6. The van der Waals surface area contributed by atoms with Gasteiger partial charge in [0.2, 0.25) is 0 Å². The van der Waals surface area contributed by atoms with Crippen molar-refractivity contribution in [2.45, 2.75) is 11.4 Å². The highest BCUT2D eigenvalue weighted by Gasteiger charge is 2.16. The Kier molecular flexibility index (Phi) is 6.05. The Morgan fingerprint density at radius 3 is 2.37 bits per heavy atom. The van der Waals surface area contributed by atoms with Crippen molar-refractivity contribution in [1.29, 1.82) is 0 Å². The summed E-state index contributed by atoms with van der Waals surface area (Å²) in [5.41, 5.74) is 4.70. The van der Waals surface area contributed by atoms with Crippen molar-refractivity contribution in [1.82, 2.24) is 9.97 Å². The fourth-order valence-corrected chi connectivity index (χ4v) is 3.81. The topological polar surface area (TPSA) is 64.1 Å². The minimum absolute atomic E-state index is 0.0436. The van der Waals surface area contributed by atoms with Gasteiger partial charge in [0.05, 0.1) is 28.7 Å². The molecule has 30 heavy (non-hydrogen) atoms. The summed E-state index contributed by atoms with van der Waals surface area (Å²) in [6, 6.07) is 25.3. The summed E-state index contributed by atoms with van der Waals surface area (Å²) < 4.78 is 4.83. The number of methoxy groups -OCH3 is 1. The van der Waals surface area contributed by atoms with Crippen LogP contribution in [0.4, 0.5) is 5.82 Å². The van der Waals surface area contributed by atoms with Crippen LogP contribution < -0.4 is 5.32 Å². The van der Waals surface area contributed by atoms with E-state index in [0.717, 1.165) is 17.7 Å². The first kappa shape index (κ1) is 20.0. The highest BCUT2D eigenvalue weighted by atomic mass is 79.9. The lowest BCUT2D eigenvalue weighted by Crippen LogP contribution is -2.17. The quantitative estimate of drug-likeness (QED) is 0.234. The molecule has 0 aliphatic carbocycles. The Labute approximate surface area is 183 Å². The van der Waals surface area contributed by atoms with Gasteiger partial charge < -0.3 is 10.1 Å². The number of hydrogen-bond donors (Lipinski definition) is 1. The second kappa shape index (κ2) is 9.05. The molecule has 6 heteroatoms. The number of carbonyl (C=O) groups is 1. The van der Waals surface area contributed by atoms with Gasteiger partial charge in [-0.3, -0.25) is 0 Å². The minimum atomic E-state index is -0.400. The summed E-state index contributed by atoms with van der Waals surface area (Å²) in [5.74, 6) is 0.247. The summed E-state index contributed by atoms with van der Waals surface area (Å²) in [4.78, 5) is 21.5. The third kappa shape index (κ3) is 4.49. The van der Waals surface area contributed by atoms with Crippen LogP contribution >= 0.6 is 15.9 Å². The van der Waals surface area contributed by atoms with Gasteiger partial charge in [-0.15, -0.1) is 0 Å². The minimum Gasteiger partial charge on any atom is -0.465 e. The smallest absolute Gasteiger partial charge is 0.337 e. The van der Waals surface area contributed by atoms with Gasteiger partial charge in [0.15, 0.2) is 5.82 Å². The summed E-state index contributed by atoms with van der Waals surface area (Å²) in [6.07, 6.45) is 0.775. The molecule has 0 aliphatic heterocycles. The van der Waals surface area contributed by atoms with Gasteiger partial charge in [0, 0.05) is 12.0 Å². The third-order valence-corrected chi connectivity index (χ3v) is 5.24. The second-order valence-electron chi connectivity index (χ2n) is 6.78. The van der Waals surface area contributed by atoms with E-state index < -0.39 is 5.97 Å². The number of fused-ring (bicyclic) bond motifs is 1. The predicted octanol–water partition coefficient (Wildman–Crippen LogP) is 5.46. The van der Waals surface area contributed by atoms with Crippen LogP contribution in [0.3, 0.4) is 0 Å². The summed E-state index contributed by atoms with van der Waals surface area (Å²) >= 11 is 3.72. The van der Waals surface area contributed by atoms with Gasteiger partial charge in [-0.25, -0.2) is 14.8 Å². The van der Waals surface area contributed by atoms with E-state index in [0.29, 0.717) is 22.4 Å². The molecule has 150 valence electrons. The number of esters is 1. The van der Waals surface area contributed by atoms with E-state index in [1.165, 1.54) is 12.7 Å². The zero-order valence-corrected chi connectivity index (χ0v) is 18.0. The Morgan fingerprint density at radius 2 is 1.67 bits per heavy atom.